The molecule has 2 aliphatic heterocycles. The molecule has 0 aliphatic carbocycles. The number of aryl methyl sites for hydroxylation is 1. The van der Waals surface area contributed by atoms with Crippen LogP contribution < -0.4 is 15.0 Å². The highest BCUT2D eigenvalue weighted by molar-refractivity contribution is 7.89. The van der Waals surface area contributed by atoms with Gasteiger partial charge in [0.1, 0.15) is 12.4 Å². The van der Waals surface area contributed by atoms with Gasteiger partial charge in [-0.2, -0.15) is 4.31 Å². The van der Waals surface area contributed by atoms with Gasteiger partial charge in [0.15, 0.2) is 0 Å². The Morgan fingerprint density at radius 1 is 0.982 bits per heavy atom. The minimum absolute atomic E-state index is 0.132. The molecule has 0 radical (unpaired) electrons. The van der Waals surface area contributed by atoms with Gasteiger partial charge in [-0.1, -0.05) is 68.8 Å². The first-order chi connectivity index (χ1) is 26.4. The molecule has 1 N–H and O–H groups in total. The maximum Gasteiger partial charge on any atom is 0.243 e. The number of methoxy groups -OCH3 is 2. The minimum Gasteiger partial charge on any atom is -0.490 e. The predicted molar refractivity (Wildman–Crippen MR) is 215 cm³/mol. The summed E-state index contributed by atoms with van der Waals surface area (Å²) in [6, 6.07) is 21.0. The topological polar surface area (TPSA) is 116 Å². The summed E-state index contributed by atoms with van der Waals surface area (Å²) in [7, 11) is 1.08. The summed E-state index contributed by atoms with van der Waals surface area (Å²) >= 11 is 0. The Morgan fingerprint density at radius 3 is 2.40 bits per heavy atom. The van der Waals surface area contributed by atoms with E-state index in [0.29, 0.717) is 58.4 Å². The standard InChI is InChI=1S/C43H61N3O8S/c1-31-9-16-37(17-10-31)55(48,49)46-26-41(54-30-34-13-18-40-39(23-34)45(20-22-53-40)19-8-21-50-6)38(24-36(46)25-43(3,4)42(47)44-5)35-14-11-33(12-15-35)29-52-28-32(2)27-51-7/h9-18,23,32,36,38,41H,8,19-22,24-30H2,1-7H3,(H,44,47)/t32?,36-,38+,41-/m0/s1. The van der Waals surface area contributed by atoms with Crippen molar-refractivity contribution in [2.45, 2.75) is 83.1 Å². The van der Waals surface area contributed by atoms with Gasteiger partial charge in [-0.25, -0.2) is 8.42 Å². The highest BCUT2D eigenvalue weighted by atomic mass is 32.2. The first kappa shape index (κ1) is 42.6. The van der Waals surface area contributed by atoms with E-state index in [0.717, 1.165) is 53.2 Å². The van der Waals surface area contributed by atoms with Crippen LogP contribution in [0.5, 0.6) is 5.75 Å². The summed E-state index contributed by atoms with van der Waals surface area (Å²) in [5.74, 6) is 0.864. The summed E-state index contributed by atoms with van der Waals surface area (Å²) in [6.45, 7) is 12.9. The number of nitrogens with one attached hydrogen (secondary N) is 1. The van der Waals surface area contributed by atoms with Crippen LogP contribution in [0, 0.1) is 18.3 Å². The number of carbonyl (C=O) groups is 1. The number of piperidine rings is 1. The van der Waals surface area contributed by atoms with Crippen LogP contribution in [-0.2, 0) is 47.0 Å². The van der Waals surface area contributed by atoms with Crippen LogP contribution in [0.1, 0.15) is 68.2 Å². The summed E-state index contributed by atoms with van der Waals surface area (Å²) in [4.78, 5) is 15.7. The zero-order chi connectivity index (χ0) is 39.6. The largest absolute Gasteiger partial charge is 0.490 e. The molecule has 1 amide bonds. The second kappa shape index (κ2) is 19.6. The van der Waals surface area contributed by atoms with Gasteiger partial charge >= 0.3 is 0 Å². The third-order valence-electron chi connectivity index (χ3n) is 10.7. The molecule has 1 unspecified atom stereocenters. The third-order valence-corrected chi connectivity index (χ3v) is 12.6. The van der Waals surface area contributed by atoms with Crippen LogP contribution in [0.2, 0.25) is 0 Å². The van der Waals surface area contributed by atoms with Gasteiger partial charge in [0.2, 0.25) is 15.9 Å². The third kappa shape index (κ3) is 11.1. The predicted octanol–water partition coefficient (Wildman–Crippen LogP) is 6.32. The Morgan fingerprint density at radius 2 is 1.71 bits per heavy atom. The molecule has 2 aliphatic rings. The van der Waals surface area contributed by atoms with Gasteiger partial charge in [-0.05, 0) is 67.1 Å². The average Bonchev–Trinajstić information content (AvgIpc) is 3.17. The van der Waals surface area contributed by atoms with E-state index in [1.165, 1.54) is 0 Å². The molecule has 3 aromatic carbocycles. The summed E-state index contributed by atoms with van der Waals surface area (Å²) in [5.41, 5.74) is 4.26. The second-order valence-corrected chi connectivity index (χ2v) is 17.6. The zero-order valence-corrected chi connectivity index (χ0v) is 34.5. The Labute approximate surface area is 328 Å². The lowest BCUT2D eigenvalue weighted by Crippen LogP contribution is -2.54. The van der Waals surface area contributed by atoms with E-state index >= 15 is 0 Å². The van der Waals surface area contributed by atoms with Crippen LogP contribution in [0.3, 0.4) is 0 Å². The van der Waals surface area contributed by atoms with Gasteiger partial charge in [-0.15, -0.1) is 0 Å². The number of sulfonamides is 1. The molecule has 302 valence electrons. The van der Waals surface area contributed by atoms with Crippen molar-refractivity contribution in [1.29, 1.82) is 0 Å². The number of fused-ring (bicyclic) bond motifs is 1. The van der Waals surface area contributed by atoms with E-state index < -0.39 is 27.6 Å². The number of anilines is 1. The van der Waals surface area contributed by atoms with Crippen molar-refractivity contribution in [3.63, 3.8) is 0 Å². The smallest absolute Gasteiger partial charge is 0.243 e. The quantitative estimate of drug-likeness (QED) is 0.140. The summed E-state index contributed by atoms with van der Waals surface area (Å²) in [5, 5.41) is 2.78. The van der Waals surface area contributed by atoms with Crippen molar-refractivity contribution in [1.82, 2.24) is 9.62 Å². The molecular weight excluding hydrogens is 719 g/mol. The number of benzene rings is 3. The average molecular weight is 780 g/mol. The SMILES string of the molecule is CNC(=O)C(C)(C)C[C@@H]1C[C@H](c2ccc(COCC(C)COC)cc2)[C@@H](OCc2ccc3c(c2)N(CCCOC)CCO3)CN1S(=O)(=O)c1ccc(C)cc1. The van der Waals surface area contributed by atoms with E-state index in [2.05, 4.69) is 47.5 Å². The lowest BCUT2D eigenvalue weighted by molar-refractivity contribution is -0.130. The molecule has 3 aromatic rings. The number of hydrogen-bond donors (Lipinski definition) is 1. The molecule has 2 heterocycles. The summed E-state index contributed by atoms with van der Waals surface area (Å²) in [6.07, 6.45) is 1.26. The van der Waals surface area contributed by atoms with E-state index in [1.54, 1.807) is 37.7 Å². The van der Waals surface area contributed by atoms with Crippen LogP contribution >= 0.6 is 0 Å². The molecule has 4 atom stereocenters. The fraction of sp³-hybridized carbons (Fsp3) is 0.558. The van der Waals surface area contributed by atoms with E-state index in [9.17, 15) is 13.2 Å². The monoisotopic (exact) mass is 779 g/mol. The Bertz CT molecular complexity index is 1780. The molecule has 12 heteroatoms. The molecule has 0 spiro atoms. The number of nitrogens with zero attached hydrogens (tertiary/aromatic N) is 2. The van der Waals surface area contributed by atoms with Crippen LogP contribution in [0.25, 0.3) is 0 Å². The molecule has 5 rings (SSSR count). The highest BCUT2D eigenvalue weighted by Gasteiger charge is 2.45. The maximum atomic E-state index is 14.6. The molecule has 0 aromatic heterocycles. The van der Waals surface area contributed by atoms with Crippen molar-refractivity contribution in [3.8, 4) is 5.75 Å². The van der Waals surface area contributed by atoms with Gasteiger partial charge in [0, 0.05) is 64.3 Å². The number of ether oxygens (including phenoxy) is 5. The number of hydrogen-bond acceptors (Lipinski definition) is 9. The molecule has 55 heavy (non-hydrogen) atoms. The molecule has 1 fully saturated rings. The zero-order valence-electron chi connectivity index (χ0n) is 33.7. The number of rotatable bonds is 19. The van der Waals surface area contributed by atoms with Crippen molar-refractivity contribution in [2.75, 3.05) is 72.2 Å². The minimum atomic E-state index is -3.95. The molecule has 0 saturated carbocycles. The number of amides is 1. The van der Waals surface area contributed by atoms with Crippen LogP contribution in [0.15, 0.2) is 71.6 Å². The molecule has 1 saturated heterocycles. The Kier molecular flexibility index (Phi) is 15.2. The lowest BCUT2D eigenvalue weighted by atomic mass is 9.77. The van der Waals surface area contributed by atoms with Gasteiger partial charge in [-0.3, -0.25) is 4.79 Å². The first-order valence-electron chi connectivity index (χ1n) is 19.4. The second-order valence-electron chi connectivity index (χ2n) is 15.7. The summed E-state index contributed by atoms with van der Waals surface area (Å²) < 4.78 is 60.0. The van der Waals surface area contributed by atoms with E-state index in [1.807, 2.05) is 45.0 Å². The van der Waals surface area contributed by atoms with Gasteiger partial charge in [0.05, 0.1) is 49.7 Å². The van der Waals surface area contributed by atoms with Crippen molar-refractivity contribution in [3.05, 3.63) is 89.0 Å². The molecule has 11 nitrogen and oxygen atoms in total. The fourth-order valence-electron chi connectivity index (χ4n) is 7.70. The number of carbonyl (C=O) groups excluding carboxylic acids is 1. The highest BCUT2D eigenvalue weighted by Crippen LogP contribution is 2.41. The van der Waals surface area contributed by atoms with E-state index in [4.69, 9.17) is 23.7 Å². The van der Waals surface area contributed by atoms with Crippen molar-refractivity contribution in [2.24, 2.45) is 11.3 Å². The van der Waals surface area contributed by atoms with Crippen LogP contribution in [0.4, 0.5) is 5.69 Å². The van der Waals surface area contributed by atoms with Crippen molar-refractivity contribution < 1.29 is 36.9 Å². The molecule has 0 bridgehead atoms. The van der Waals surface area contributed by atoms with E-state index in [-0.39, 0.29) is 23.3 Å². The normalized spacial score (nSPS) is 19.8. The van der Waals surface area contributed by atoms with Crippen LogP contribution in [-0.4, -0.2) is 98.1 Å². The maximum absolute atomic E-state index is 14.6. The lowest BCUT2D eigenvalue weighted by Gasteiger charge is -2.45. The molecular formula is C43H61N3O8S. The Hall–Kier alpha value is -3.52. The van der Waals surface area contributed by atoms with Crippen molar-refractivity contribution >= 4 is 21.6 Å². The fourth-order valence-corrected chi connectivity index (χ4v) is 9.34. The Balaban J connectivity index is 1.46. The van der Waals surface area contributed by atoms with Gasteiger partial charge < -0.3 is 33.9 Å². The van der Waals surface area contributed by atoms with Gasteiger partial charge in [0.25, 0.3) is 0 Å². The first-order valence-corrected chi connectivity index (χ1v) is 20.9.